The second-order valence-electron chi connectivity index (χ2n) is 4.11. The molecule has 0 saturated heterocycles. The van der Waals surface area contributed by atoms with Gasteiger partial charge in [-0.3, -0.25) is 9.55 Å². The maximum absolute atomic E-state index is 6.11. The summed E-state index contributed by atoms with van der Waals surface area (Å²) in [7, 11) is 0. The molecule has 3 rings (SSSR count). The molecule has 0 aliphatic heterocycles. The lowest BCUT2D eigenvalue weighted by molar-refractivity contribution is 0.800. The van der Waals surface area contributed by atoms with E-state index >= 15 is 0 Å². The summed E-state index contributed by atoms with van der Waals surface area (Å²) in [6, 6.07) is 13.8. The minimum absolute atomic E-state index is 0.378. The molecule has 0 radical (unpaired) electrons. The van der Waals surface area contributed by atoms with Gasteiger partial charge in [0.05, 0.1) is 6.54 Å². The molecule has 0 amide bonds. The molecule has 0 fully saturated rings. The van der Waals surface area contributed by atoms with Crippen molar-refractivity contribution >= 4 is 11.6 Å². The average molecular weight is 271 g/mol. The van der Waals surface area contributed by atoms with Gasteiger partial charge >= 0.3 is 0 Å². The van der Waals surface area contributed by atoms with E-state index in [9.17, 15) is 0 Å². The van der Waals surface area contributed by atoms with Crippen LogP contribution in [0.25, 0.3) is 11.4 Å². The molecule has 2 heterocycles. The second-order valence-corrected chi connectivity index (χ2v) is 4.44. The minimum Gasteiger partial charge on any atom is -0.293 e. The van der Waals surface area contributed by atoms with E-state index in [1.165, 1.54) is 0 Å². The number of halogens is 1. The third kappa shape index (κ3) is 2.48. The summed E-state index contributed by atoms with van der Waals surface area (Å²) in [4.78, 5) is 4.10. The molecule has 19 heavy (non-hydrogen) atoms. The highest BCUT2D eigenvalue weighted by molar-refractivity contribution is 6.28. The monoisotopic (exact) mass is 270 g/mol. The van der Waals surface area contributed by atoms with Gasteiger partial charge in [-0.1, -0.05) is 36.4 Å². The normalized spacial score (nSPS) is 10.6. The highest BCUT2D eigenvalue weighted by Gasteiger charge is 2.12. The average Bonchev–Trinajstić information content (AvgIpc) is 2.82. The third-order valence-corrected chi connectivity index (χ3v) is 3.08. The van der Waals surface area contributed by atoms with Gasteiger partial charge in [0.2, 0.25) is 5.28 Å². The predicted octanol–water partition coefficient (Wildman–Crippen LogP) is 3.04. The maximum atomic E-state index is 6.11. The summed E-state index contributed by atoms with van der Waals surface area (Å²) < 4.78 is 1.87. The van der Waals surface area contributed by atoms with Gasteiger partial charge in [-0.05, 0) is 23.2 Å². The van der Waals surface area contributed by atoms with Crippen LogP contribution in [0.15, 0.2) is 54.9 Å². The van der Waals surface area contributed by atoms with Gasteiger partial charge < -0.3 is 0 Å². The molecule has 5 heteroatoms. The van der Waals surface area contributed by atoms with E-state index in [1.807, 2.05) is 53.2 Å². The number of benzene rings is 1. The number of pyridine rings is 1. The zero-order chi connectivity index (χ0) is 13.1. The van der Waals surface area contributed by atoms with Crippen molar-refractivity contribution in [2.45, 2.75) is 6.54 Å². The number of nitrogens with zero attached hydrogens (tertiary/aromatic N) is 4. The first-order valence-corrected chi connectivity index (χ1v) is 6.25. The number of aromatic nitrogens is 4. The van der Waals surface area contributed by atoms with Crippen LogP contribution in [0.1, 0.15) is 5.56 Å². The largest absolute Gasteiger partial charge is 0.293 e. The summed E-state index contributed by atoms with van der Waals surface area (Å²) in [5.41, 5.74) is 2.05. The summed E-state index contributed by atoms with van der Waals surface area (Å²) in [5.74, 6) is 0.759. The molecule has 0 atom stereocenters. The first-order valence-electron chi connectivity index (χ1n) is 5.87. The van der Waals surface area contributed by atoms with E-state index in [4.69, 9.17) is 11.6 Å². The topological polar surface area (TPSA) is 43.6 Å². The van der Waals surface area contributed by atoms with Gasteiger partial charge in [0.15, 0.2) is 5.82 Å². The molecule has 0 saturated carbocycles. The zero-order valence-electron chi connectivity index (χ0n) is 10.1. The van der Waals surface area contributed by atoms with Crippen molar-refractivity contribution in [2.24, 2.45) is 0 Å². The van der Waals surface area contributed by atoms with Gasteiger partial charge in [0, 0.05) is 18.0 Å². The first kappa shape index (κ1) is 11.9. The van der Waals surface area contributed by atoms with Gasteiger partial charge in [-0.25, -0.2) is 0 Å². The molecule has 0 unspecified atom stereocenters. The van der Waals surface area contributed by atoms with E-state index in [-0.39, 0.29) is 0 Å². The number of rotatable bonds is 3. The van der Waals surface area contributed by atoms with Crippen LogP contribution in [0.4, 0.5) is 0 Å². The summed E-state index contributed by atoms with van der Waals surface area (Å²) in [6.45, 7) is 0.601. The summed E-state index contributed by atoms with van der Waals surface area (Å²) >= 11 is 6.11. The van der Waals surface area contributed by atoms with E-state index < -0.39 is 0 Å². The molecule has 0 aliphatic rings. The fourth-order valence-corrected chi connectivity index (χ4v) is 2.08. The number of hydrogen-bond acceptors (Lipinski definition) is 3. The smallest absolute Gasteiger partial charge is 0.225 e. The molecule has 0 N–H and O–H groups in total. The lowest BCUT2D eigenvalue weighted by Crippen LogP contribution is -2.02. The van der Waals surface area contributed by atoms with Crippen molar-refractivity contribution in [2.75, 3.05) is 0 Å². The second kappa shape index (κ2) is 5.20. The Labute approximate surface area is 115 Å². The zero-order valence-corrected chi connectivity index (χ0v) is 10.8. The van der Waals surface area contributed by atoms with E-state index in [1.54, 1.807) is 6.20 Å². The van der Waals surface area contributed by atoms with Crippen molar-refractivity contribution in [3.05, 3.63) is 65.7 Å². The van der Waals surface area contributed by atoms with Crippen molar-refractivity contribution in [1.82, 2.24) is 19.7 Å². The highest BCUT2D eigenvalue weighted by Crippen LogP contribution is 2.21. The molecule has 0 bridgehead atoms. The molecule has 4 nitrogen and oxygen atoms in total. The van der Waals surface area contributed by atoms with Gasteiger partial charge in [-0.15, -0.1) is 10.2 Å². The van der Waals surface area contributed by atoms with Crippen LogP contribution >= 0.6 is 11.6 Å². The number of hydrogen-bond donors (Lipinski definition) is 0. The van der Waals surface area contributed by atoms with E-state index in [2.05, 4.69) is 15.2 Å². The van der Waals surface area contributed by atoms with Crippen LogP contribution < -0.4 is 0 Å². The third-order valence-electron chi connectivity index (χ3n) is 2.80. The SMILES string of the molecule is Clc1nnc(-c2ccccc2)n1Cc1cccnc1. The van der Waals surface area contributed by atoms with Crippen LogP contribution in [-0.2, 0) is 6.54 Å². The van der Waals surface area contributed by atoms with Crippen LogP contribution in [0.3, 0.4) is 0 Å². The van der Waals surface area contributed by atoms with Crippen LogP contribution in [0.2, 0.25) is 5.28 Å². The van der Waals surface area contributed by atoms with Crippen molar-refractivity contribution in [1.29, 1.82) is 0 Å². The standard InChI is InChI=1S/C14H11ClN4/c15-14-18-17-13(12-6-2-1-3-7-12)19(14)10-11-5-4-8-16-9-11/h1-9H,10H2. The lowest BCUT2D eigenvalue weighted by Gasteiger charge is -2.07. The van der Waals surface area contributed by atoms with Crippen molar-refractivity contribution < 1.29 is 0 Å². The van der Waals surface area contributed by atoms with Gasteiger partial charge in [0.25, 0.3) is 0 Å². The van der Waals surface area contributed by atoms with Crippen LogP contribution in [0.5, 0.6) is 0 Å². The molecule has 3 aromatic rings. The molecule has 94 valence electrons. The van der Waals surface area contributed by atoms with E-state index in [0.717, 1.165) is 17.0 Å². The van der Waals surface area contributed by atoms with Gasteiger partial charge in [0.1, 0.15) is 0 Å². The predicted molar refractivity (Wildman–Crippen MR) is 73.8 cm³/mol. The summed E-state index contributed by atoms with van der Waals surface area (Å²) in [6.07, 6.45) is 3.56. The molecular formula is C14H11ClN4. The Bertz CT molecular complexity index is 664. The molecular weight excluding hydrogens is 260 g/mol. The quantitative estimate of drug-likeness (QED) is 0.735. The van der Waals surface area contributed by atoms with Gasteiger partial charge in [-0.2, -0.15) is 0 Å². The molecule has 0 spiro atoms. The van der Waals surface area contributed by atoms with Crippen LogP contribution in [0, 0.1) is 0 Å². The Kier molecular flexibility index (Phi) is 3.25. The minimum atomic E-state index is 0.378. The first-order chi connectivity index (χ1) is 9.34. The molecule has 1 aromatic carbocycles. The Hall–Kier alpha value is -2.20. The highest BCUT2D eigenvalue weighted by atomic mass is 35.5. The summed E-state index contributed by atoms with van der Waals surface area (Å²) in [5, 5.41) is 8.47. The van der Waals surface area contributed by atoms with Crippen LogP contribution in [-0.4, -0.2) is 19.7 Å². The maximum Gasteiger partial charge on any atom is 0.225 e. The lowest BCUT2D eigenvalue weighted by atomic mass is 10.2. The Morgan fingerprint density at radius 3 is 2.58 bits per heavy atom. The van der Waals surface area contributed by atoms with Crippen molar-refractivity contribution in [3.63, 3.8) is 0 Å². The Morgan fingerprint density at radius 1 is 1.00 bits per heavy atom. The van der Waals surface area contributed by atoms with E-state index in [0.29, 0.717) is 11.8 Å². The Morgan fingerprint density at radius 2 is 1.84 bits per heavy atom. The molecule has 2 aromatic heterocycles. The molecule has 0 aliphatic carbocycles. The van der Waals surface area contributed by atoms with Crippen molar-refractivity contribution in [3.8, 4) is 11.4 Å². The Balaban J connectivity index is 2.00. The fourth-order valence-electron chi connectivity index (χ4n) is 1.90. The fraction of sp³-hybridized carbons (Fsp3) is 0.0714.